The minimum absolute atomic E-state index is 0.0800. The van der Waals surface area contributed by atoms with Crippen LogP contribution in [0.15, 0.2) is 24.3 Å². The number of piperazine rings is 1. The Morgan fingerprint density at radius 2 is 1.81 bits per heavy atom. The molecule has 3 rings (SSSR count). The van der Waals surface area contributed by atoms with Crippen molar-refractivity contribution in [3.8, 4) is 0 Å². The Balaban J connectivity index is 1.87. The van der Waals surface area contributed by atoms with Gasteiger partial charge < -0.3 is 10.6 Å². The van der Waals surface area contributed by atoms with Crippen molar-refractivity contribution in [2.75, 3.05) is 25.0 Å². The SMILES string of the molecule is CC(N)C1(c2cccc(N3CC(=O)N(C)C(=O)C3)c2)CC1. The summed E-state index contributed by atoms with van der Waals surface area (Å²) in [6, 6.07) is 8.23. The second-order valence-corrected chi connectivity index (χ2v) is 6.20. The standard InChI is InChI=1S/C16H21N3O2/c1-11(17)16(6-7-16)12-4-3-5-13(8-12)19-9-14(20)18(2)15(21)10-19/h3-5,8,11H,6-7,9-10,17H2,1-2H3. The van der Waals surface area contributed by atoms with Gasteiger partial charge in [-0.1, -0.05) is 12.1 Å². The van der Waals surface area contributed by atoms with Crippen LogP contribution < -0.4 is 10.6 Å². The third-order valence-corrected chi connectivity index (χ3v) is 4.85. The number of hydrogen-bond acceptors (Lipinski definition) is 4. The summed E-state index contributed by atoms with van der Waals surface area (Å²) in [4.78, 5) is 26.7. The Bertz CT molecular complexity index is 575. The maximum Gasteiger partial charge on any atom is 0.248 e. The lowest BCUT2D eigenvalue weighted by Crippen LogP contribution is -2.52. The summed E-state index contributed by atoms with van der Waals surface area (Å²) in [5.74, 6) is -0.324. The number of nitrogens with two attached hydrogens (primary N) is 1. The van der Waals surface area contributed by atoms with Gasteiger partial charge in [0, 0.05) is 24.2 Å². The van der Waals surface area contributed by atoms with Crippen LogP contribution in [0.25, 0.3) is 0 Å². The highest BCUT2D eigenvalue weighted by atomic mass is 16.2. The molecular formula is C16H21N3O2. The van der Waals surface area contributed by atoms with Crippen LogP contribution in [0.4, 0.5) is 5.69 Å². The number of benzene rings is 1. The van der Waals surface area contributed by atoms with Gasteiger partial charge >= 0.3 is 0 Å². The van der Waals surface area contributed by atoms with E-state index < -0.39 is 0 Å². The molecule has 112 valence electrons. The normalized spacial score (nSPS) is 22.4. The summed E-state index contributed by atoms with van der Waals surface area (Å²) in [5.41, 5.74) is 8.35. The van der Waals surface area contributed by atoms with Crippen molar-refractivity contribution in [3.05, 3.63) is 29.8 Å². The Hall–Kier alpha value is -1.88. The maximum atomic E-state index is 11.8. The molecule has 1 aromatic rings. The van der Waals surface area contributed by atoms with Gasteiger partial charge in [0.25, 0.3) is 0 Å². The van der Waals surface area contributed by atoms with Gasteiger partial charge in [0.15, 0.2) is 0 Å². The number of hydrogen-bond donors (Lipinski definition) is 1. The van der Waals surface area contributed by atoms with Crippen molar-refractivity contribution in [1.29, 1.82) is 0 Å². The molecule has 2 N–H and O–H groups in total. The van der Waals surface area contributed by atoms with E-state index in [0.717, 1.165) is 18.5 Å². The van der Waals surface area contributed by atoms with Crippen LogP contribution >= 0.6 is 0 Å². The minimum atomic E-state index is -0.162. The molecule has 1 unspecified atom stereocenters. The first kappa shape index (κ1) is 14.1. The van der Waals surface area contributed by atoms with Crippen molar-refractivity contribution in [2.45, 2.75) is 31.2 Å². The molecule has 1 heterocycles. The Labute approximate surface area is 124 Å². The molecule has 1 atom stereocenters. The van der Waals surface area contributed by atoms with Gasteiger partial charge in [0.05, 0.1) is 13.1 Å². The topological polar surface area (TPSA) is 66.6 Å². The number of rotatable bonds is 3. The molecule has 2 amide bonds. The number of likely N-dealkylation sites (N-methyl/N-ethyl adjacent to an activating group) is 1. The van der Waals surface area contributed by atoms with Gasteiger partial charge in [-0.2, -0.15) is 0 Å². The fraction of sp³-hybridized carbons (Fsp3) is 0.500. The quantitative estimate of drug-likeness (QED) is 0.838. The van der Waals surface area contributed by atoms with Crippen LogP contribution in [0.2, 0.25) is 0 Å². The van der Waals surface area contributed by atoms with Crippen LogP contribution in [-0.4, -0.2) is 42.9 Å². The summed E-state index contributed by atoms with van der Waals surface area (Å²) in [6.45, 7) is 2.54. The van der Waals surface area contributed by atoms with Crippen LogP contribution in [0.1, 0.15) is 25.3 Å². The first-order valence-corrected chi connectivity index (χ1v) is 7.34. The van der Waals surface area contributed by atoms with Crippen molar-refractivity contribution < 1.29 is 9.59 Å². The summed E-state index contributed by atoms with van der Waals surface area (Å²) >= 11 is 0. The van der Waals surface area contributed by atoms with Crippen LogP contribution in [0.3, 0.4) is 0 Å². The smallest absolute Gasteiger partial charge is 0.248 e. The third-order valence-electron chi connectivity index (χ3n) is 4.85. The lowest BCUT2D eigenvalue weighted by atomic mass is 9.89. The van der Waals surface area contributed by atoms with E-state index in [1.165, 1.54) is 17.5 Å². The van der Waals surface area contributed by atoms with Crippen molar-refractivity contribution in [3.63, 3.8) is 0 Å². The van der Waals surface area contributed by atoms with Crippen molar-refractivity contribution in [1.82, 2.24) is 4.90 Å². The molecule has 1 saturated heterocycles. The van der Waals surface area contributed by atoms with Crippen LogP contribution in [0.5, 0.6) is 0 Å². The molecule has 1 aromatic carbocycles. The molecule has 0 radical (unpaired) electrons. The first-order valence-electron chi connectivity index (χ1n) is 7.34. The molecule has 1 aliphatic carbocycles. The number of imide groups is 1. The van der Waals surface area contributed by atoms with Gasteiger partial charge in [-0.05, 0) is 37.5 Å². The number of carbonyl (C=O) groups excluding carboxylic acids is 2. The molecule has 5 nitrogen and oxygen atoms in total. The molecular weight excluding hydrogens is 266 g/mol. The predicted octanol–water partition coefficient (Wildman–Crippen LogP) is 0.870. The highest BCUT2D eigenvalue weighted by Gasteiger charge is 2.47. The first-order chi connectivity index (χ1) is 9.94. The number of nitrogens with zero attached hydrogens (tertiary/aromatic N) is 2. The van der Waals surface area contributed by atoms with Gasteiger partial charge in [-0.15, -0.1) is 0 Å². The lowest BCUT2D eigenvalue weighted by Gasteiger charge is -2.32. The third kappa shape index (κ3) is 2.31. The summed E-state index contributed by atoms with van der Waals surface area (Å²) in [5, 5.41) is 0. The highest BCUT2D eigenvalue weighted by molar-refractivity contribution is 6.02. The lowest BCUT2D eigenvalue weighted by molar-refractivity contribution is -0.143. The van der Waals surface area contributed by atoms with Crippen molar-refractivity contribution >= 4 is 17.5 Å². The number of anilines is 1. The van der Waals surface area contributed by atoms with Crippen molar-refractivity contribution in [2.24, 2.45) is 5.73 Å². The van der Waals surface area contributed by atoms with Gasteiger partial charge in [-0.3, -0.25) is 14.5 Å². The summed E-state index contributed by atoms with van der Waals surface area (Å²) in [6.07, 6.45) is 2.21. The van der Waals surface area contributed by atoms with E-state index >= 15 is 0 Å². The molecule has 5 heteroatoms. The zero-order valence-corrected chi connectivity index (χ0v) is 12.5. The van der Waals surface area contributed by atoms with E-state index in [1.807, 2.05) is 24.0 Å². The van der Waals surface area contributed by atoms with E-state index in [0.29, 0.717) is 0 Å². The average molecular weight is 287 g/mol. The molecule has 0 bridgehead atoms. The van der Waals surface area contributed by atoms with Gasteiger partial charge in [0.1, 0.15) is 0 Å². The molecule has 0 aromatic heterocycles. The fourth-order valence-electron chi connectivity index (χ4n) is 3.07. The molecule has 1 saturated carbocycles. The zero-order valence-electron chi connectivity index (χ0n) is 12.5. The van der Waals surface area contributed by atoms with E-state index in [1.54, 1.807) is 0 Å². The molecule has 2 fully saturated rings. The second kappa shape index (κ2) is 4.84. The average Bonchev–Trinajstić information content (AvgIpc) is 3.26. The summed E-state index contributed by atoms with van der Waals surface area (Å²) < 4.78 is 0. The molecule has 2 aliphatic rings. The van der Waals surface area contributed by atoms with E-state index in [4.69, 9.17) is 5.73 Å². The monoisotopic (exact) mass is 287 g/mol. The molecule has 1 aliphatic heterocycles. The van der Waals surface area contributed by atoms with E-state index in [2.05, 4.69) is 12.1 Å². The maximum absolute atomic E-state index is 11.8. The van der Waals surface area contributed by atoms with E-state index in [-0.39, 0.29) is 36.4 Å². The Morgan fingerprint density at radius 3 is 2.33 bits per heavy atom. The Kier molecular flexibility index (Phi) is 3.24. The van der Waals surface area contributed by atoms with Crippen LogP contribution in [-0.2, 0) is 15.0 Å². The predicted molar refractivity (Wildman–Crippen MR) is 81.0 cm³/mol. The number of amides is 2. The van der Waals surface area contributed by atoms with Crippen LogP contribution in [0, 0.1) is 0 Å². The second-order valence-electron chi connectivity index (χ2n) is 6.20. The largest absolute Gasteiger partial charge is 0.353 e. The number of carbonyl (C=O) groups is 2. The fourth-order valence-corrected chi connectivity index (χ4v) is 3.07. The Morgan fingerprint density at radius 1 is 1.19 bits per heavy atom. The zero-order chi connectivity index (χ0) is 15.2. The van der Waals surface area contributed by atoms with E-state index in [9.17, 15) is 9.59 Å². The minimum Gasteiger partial charge on any atom is -0.353 e. The highest BCUT2D eigenvalue weighted by Crippen LogP contribution is 2.50. The summed E-state index contributed by atoms with van der Waals surface area (Å²) in [7, 11) is 1.54. The molecule has 21 heavy (non-hydrogen) atoms. The van der Waals surface area contributed by atoms with Gasteiger partial charge in [-0.25, -0.2) is 0 Å². The molecule has 0 spiro atoms. The van der Waals surface area contributed by atoms with Gasteiger partial charge in [0.2, 0.25) is 11.8 Å².